The first-order valence-electron chi connectivity index (χ1n) is 4.48. The topological polar surface area (TPSA) is 12.9 Å². The molecule has 2 heteroatoms. The van der Waals surface area contributed by atoms with Crippen LogP contribution in [0.1, 0.15) is 5.69 Å². The fraction of sp³-hybridized carbons (Fsp3) is 0.0833. The number of hydrogen-bond donors (Lipinski definition) is 0. The fourth-order valence-corrected chi connectivity index (χ4v) is 1.43. The van der Waals surface area contributed by atoms with Gasteiger partial charge >= 0.3 is 0 Å². The second-order valence-corrected chi connectivity index (χ2v) is 3.29. The monoisotopic (exact) mass is 203 g/mol. The van der Waals surface area contributed by atoms with Crippen molar-refractivity contribution >= 4 is 28.6 Å². The van der Waals surface area contributed by atoms with Crippen molar-refractivity contribution in [2.75, 3.05) is 5.88 Å². The molecule has 0 aliphatic heterocycles. The Kier molecular flexibility index (Phi) is 2.80. The normalized spacial score (nSPS) is 11.2. The minimum atomic E-state index is 0.522. The molecule has 0 saturated carbocycles. The summed E-state index contributed by atoms with van der Waals surface area (Å²) in [6.07, 6.45) is 3.82. The molecule has 0 radical (unpaired) electrons. The van der Waals surface area contributed by atoms with E-state index in [2.05, 4.69) is 17.1 Å². The lowest BCUT2D eigenvalue weighted by atomic mass is 10.2. The van der Waals surface area contributed by atoms with Crippen LogP contribution >= 0.6 is 11.6 Å². The van der Waals surface area contributed by atoms with Gasteiger partial charge in [0.15, 0.2) is 0 Å². The Balaban J connectivity index is 2.46. The Morgan fingerprint density at radius 1 is 1.14 bits per heavy atom. The number of benzene rings is 1. The van der Waals surface area contributed by atoms with Gasteiger partial charge in [-0.25, -0.2) is 4.98 Å². The summed E-state index contributed by atoms with van der Waals surface area (Å²) < 4.78 is 0. The van der Waals surface area contributed by atoms with Gasteiger partial charge in [-0.2, -0.15) is 0 Å². The van der Waals surface area contributed by atoms with Crippen molar-refractivity contribution in [3.63, 3.8) is 0 Å². The van der Waals surface area contributed by atoms with E-state index in [-0.39, 0.29) is 0 Å². The number of fused-ring (bicyclic) bond motifs is 1. The minimum absolute atomic E-state index is 0.522. The first-order chi connectivity index (χ1) is 6.90. The molecule has 14 heavy (non-hydrogen) atoms. The van der Waals surface area contributed by atoms with Crippen molar-refractivity contribution in [1.82, 2.24) is 4.98 Å². The van der Waals surface area contributed by atoms with Crippen molar-refractivity contribution in [3.8, 4) is 0 Å². The maximum Gasteiger partial charge on any atom is 0.0709 e. The van der Waals surface area contributed by atoms with Crippen LogP contribution in [0, 0.1) is 0 Å². The Bertz CT molecular complexity index is 463. The molecular weight excluding hydrogens is 194 g/mol. The van der Waals surface area contributed by atoms with E-state index in [1.54, 1.807) is 0 Å². The van der Waals surface area contributed by atoms with Gasteiger partial charge in [-0.1, -0.05) is 30.3 Å². The van der Waals surface area contributed by atoms with Gasteiger partial charge in [0.1, 0.15) is 0 Å². The zero-order chi connectivity index (χ0) is 9.80. The largest absolute Gasteiger partial charge is 0.248 e. The molecule has 0 aliphatic carbocycles. The van der Waals surface area contributed by atoms with E-state index in [1.807, 2.05) is 36.4 Å². The molecule has 0 spiro atoms. The molecule has 0 saturated heterocycles. The van der Waals surface area contributed by atoms with Crippen LogP contribution < -0.4 is 0 Å². The highest BCUT2D eigenvalue weighted by Crippen LogP contribution is 2.12. The second-order valence-electron chi connectivity index (χ2n) is 2.99. The molecule has 1 nitrogen and oxygen atoms in total. The fourth-order valence-electron chi connectivity index (χ4n) is 1.34. The molecule has 0 amide bonds. The van der Waals surface area contributed by atoms with E-state index in [1.165, 1.54) is 0 Å². The quantitative estimate of drug-likeness (QED) is 0.681. The molecule has 2 rings (SSSR count). The maximum absolute atomic E-state index is 5.56. The van der Waals surface area contributed by atoms with Crippen LogP contribution in [0.2, 0.25) is 0 Å². The van der Waals surface area contributed by atoms with Crippen LogP contribution in [0.4, 0.5) is 0 Å². The van der Waals surface area contributed by atoms with Gasteiger partial charge in [-0.3, -0.25) is 0 Å². The average Bonchev–Trinajstić information content (AvgIpc) is 2.26. The average molecular weight is 204 g/mol. The molecule has 0 fully saturated rings. The highest BCUT2D eigenvalue weighted by atomic mass is 35.5. The summed E-state index contributed by atoms with van der Waals surface area (Å²) in [7, 11) is 0. The number of nitrogens with zero attached hydrogens (tertiary/aromatic N) is 1. The molecule has 0 unspecified atom stereocenters. The first-order valence-corrected chi connectivity index (χ1v) is 5.02. The summed E-state index contributed by atoms with van der Waals surface area (Å²) >= 11 is 5.56. The van der Waals surface area contributed by atoms with Crippen molar-refractivity contribution in [3.05, 3.63) is 48.2 Å². The van der Waals surface area contributed by atoms with E-state index < -0.39 is 0 Å². The van der Waals surface area contributed by atoms with E-state index in [4.69, 9.17) is 11.6 Å². The zero-order valence-electron chi connectivity index (χ0n) is 7.65. The molecule has 0 atom stereocenters. The molecule has 0 aliphatic rings. The third-order valence-corrected chi connectivity index (χ3v) is 2.18. The number of para-hydroxylation sites is 1. The SMILES string of the molecule is ClC/C=C/c1ccc2ccccc2n1. The number of rotatable bonds is 2. The third kappa shape index (κ3) is 1.94. The summed E-state index contributed by atoms with van der Waals surface area (Å²) in [5, 5.41) is 1.16. The van der Waals surface area contributed by atoms with Crippen LogP contribution in [0.5, 0.6) is 0 Å². The van der Waals surface area contributed by atoms with Crippen molar-refractivity contribution in [2.24, 2.45) is 0 Å². The minimum Gasteiger partial charge on any atom is -0.248 e. The predicted octanol–water partition coefficient (Wildman–Crippen LogP) is 3.49. The third-order valence-electron chi connectivity index (χ3n) is 2.00. The Labute approximate surface area is 88.0 Å². The number of hydrogen-bond acceptors (Lipinski definition) is 1. The van der Waals surface area contributed by atoms with Crippen molar-refractivity contribution in [2.45, 2.75) is 0 Å². The molecule has 1 aromatic carbocycles. The summed E-state index contributed by atoms with van der Waals surface area (Å²) in [6, 6.07) is 12.1. The molecular formula is C12H10ClN. The van der Waals surface area contributed by atoms with Gasteiger partial charge < -0.3 is 0 Å². The smallest absolute Gasteiger partial charge is 0.0709 e. The second kappa shape index (κ2) is 4.25. The van der Waals surface area contributed by atoms with Crippen molar-refractivity contribution < 1.29 is 0 Å². The van der Waals surface area contributed by atoms with Gasteiger partial charge in [0, 0.05) is 11.3 Å². The highest BCUT2D eigenvalue weighted by Gasteiger charge is 1.93. The van der Waals surface area contributed by atoms with Gasteiger partial charge in [0.2, 0.25) is 0 Å². The number of allylic oxidation sites excluding steroid dienone is 1. The lowest BCUT2D eigenvalue weighted by Crippen LogP contribution is -1.82. The van der Waals surface area contributed by atoms with Crippen molar-refractivity contribution in [1.29, 1.82) is 0 Å². The maximum atomic E-state index is 5.56. The van der Waals surface area contributed by atoms with Gasteiger partial charge in [0.05, 0.1) is 11.2 Å². The van der Waals surface area contributed by atoms with Gasteiger partial charge in [0.25, 0.3) is 0 Å². The van der Waals surface area contributed by atoms with E-state index in [0.717, 1.165) is 16.6 Å². The molecule has 1 aromatic heterocycles. The Hall–Kier alpha value is -1.34. The number of pyridine rings is 1. The van der Waals surface area contributed by atoms with Crippen LogP contribution in [-0.4, -0.2) is 10.9 Å². The lowest BCUT2D eigenvalue weighted by Gasteiger charge is -1.97. The van der Waals surface area contributed by atoms with E-state index in [0.29, 0.717) is 5.88 Å². The zero-order valence-corrected chi connectivity index (χ0v) is 8.41. The summed E-state index contributed by atoms with van der Waals surface area (Å²) in [5.74, 6) is 0.522. The molecule has 0 N–H and O–H groups in total. The van der Waals surface area contributed by atoms with Crippen LogP contribution in [-0.2, 0) is 0 Å². The van der Waals surface area contributed by atoms with Crippen LogP contribution in [0.25, 0.3) is 17.0 Å². The van der Waals surface area contributed by atoms with Crippen LogP contribution in [0.15, 0.2) is 42.5 Å². The van der Waals surface area contributed by atoms with Gasteiger partial charge in [-0.05, 0) is 18.2 Å². The highest BCUT2D eigenvalue weighted by molar-refractivity contribution is 6.19. The Morgan fingerprint density at radius 3 is 2.86 bits per heavy atom. The summed E-state index contributed by atoms with van der Waals surface area (Å²) in [5.41, 5.74) is 1.97. The van der Waals surface area contributed by atoms with Gasteiger partial charge in [-0.15, -0.1) is 11.6 Å². The number of halogens is 1. The standard InChI is InChI=1S/C12H10ClN/c13-9-3-5-11-8-7-10-4-1-2-6-12(10)14-11/h1-8H,9H2/b5-3+. The van der Waals surface area contributed by atoms with E-state index >= 15 is 0 Å². The number of alkyl halides is 1. The molecule has 2 aromatic rings. The number of aromatic nitrogens is 1. The van der Waals surface area contributed by atoms with Crippen LogP contribution in [0.3, 0.4) is 0 Å². The lowest BCUT2D eigenvalue weighted by molar-refractivity contribution is 1.37. The molecule has 70 valence electrons. The summed E-state index contributed by atoms with van der Waals surface area (Å²) in [4.78, 5) is 4.47. The predicted molar refractivity (Wildman–Crippen MR) is 61.5 cm³/mol. The summed E-state index contributed by atoms with van der Waals surface area (Å²) in [6.45, 7) is 0. The molecule has 0 bridgehead atoms. The molecule has 1 heterocycles. The first kappa shape index (κ1) is 9.22. The van der Waals surface area contributed by atoms with E-state index in [9.17, 15) is 0 Å². The Morgan fingerprint density at radius 2 is 2.00 bits per heavy atom.